The van der Waals surface area contributed by atoms with Crippen LogP contribution < -0.4 is 4.74 Å². The number of methoxy groups -OCH3 is 1. The number of nitrogens with zero attached hydrogens (tertiary/aromatic N) is 1. The highest BCUT2D eigenvalue weighted by molar-refractivity contribution is 6.35. The number of phenolic OH excluding ortho intramolecular Hbond substituents is 1. The normalized spacial score (nSPS) is 11.4. The Bertz CT molecular complexity index is 651. The number of rotatable bonds is 3. The third kappa shape index (κ3) is 2.56. The van der Waals surface area contributed by atoms with Crippen LogP contribution in [-0.4, -0.2) is 23.1 Å². The summed E-state index contributed by atoms with van der Waals surface area (Å²) in [4.78, 5) is 0. The molecule has 0 unspecified atom stereocenters. The Labute approximate surface area is 121 Å². The molecule has 2 N–H and O–H groups in total. The van der Waals surface area contributed by atoms with E-state index in [1.807, 2.05) is 24.3 Å². The summed E-state index contributed by atoms with van der Waals surface area (Å²) in [6.07, 6.45) is 0. The van der Waals surface area contributed by atoms with Crippen LogP contribution in [0.5, 0.6) is 11.5 Å². The van der Waals surface area contributed by atoms with Crippen molar-refractivity contribution in [3.8, 4) is 22.6 Å². The fourth-order valence-corrected chi connectivity index (χ4v) is 2.18. The van der Waals surface area contributed by atoms with Gasteiger partial charge in [0.1, 0.15) is 11.5 Å². The second-order valence-corrected chi connectivity index (χ2v) is 4.62. The van der Waals surface area contributed by atoms with Crippen LogP contribution in [-0.2, 0) is 0 Å². The van der Waals surface area contributed by atoms with E-state index in [1.54, 1.807) is 26.2 Å². The number of ether oxygens (including phenoxy) is 1. The van der Waals surface area contributed by atoms with Crippen molar-refractivity contribution in [1.82, 2.24) is 0 Å². The highest BCUT2D eigenvalue weighted by atomic mass is 35.5. The van der Waals surface area contributed by atoms with Crippen LogP contribution in [0.25, 0.3) is 11.1 Å². The molecular formula is C15H14ClNO3. The van der Waals surface area contributed by atoms with Crippen molar-refractivity contribution in [2.45, 2.75) is 6.92 Å². The molecule has 0 aliphatic carbocycles. The number of hydrogen-bond donors (Lipinski definition) is 2. The van der Waals surface area contributed by atoms with Gasteiger partial charge in [0.05, 0.1) is 17.8 Å². The smallest absolute Gasteiger partial charge is 0.143 e. The maximum absolute atomic E-state index is 10.1. The molecule has 4 nitrogen and oxygen atoms in total. The molecule has 0 bridgehead atoms. The highest BCUT2D eigenvalue weighted by Crippen LogP contribution is 2.37. The van der Waals surface area contributed by atoms with E-state index >= 15 is 0 Å². The number of benzene rings is 2. The van der Waals surface area contributed by atoms with Gasteiger partial charge in [0.2, 0.25) is 0 Å². The lowest BCUT2D eigenvalue weighted by atomic mass is 10.0. The first kappa shape index (κ1) is 14.2. The summed E-state index contributed by atoms with van der Waals surface area (Å²) < 4.78 is 5.10. The molecule has 0 fully saturated rings. The first-order valence-corrected chi connectivity index (χ1v) is 6.31. The minimum Gasteiger partial charge on any atom is -0.506 e. The Hall–Kier alpha value is -2.20. The van der Waals surface area contributed by atoms with E-state index in [9.17, 15) is 5.11 Å². The van der Waals surface area contributed by atoms with Crippen molar-refractivity contribution in [3.63, 3.8) is 0 Å². The highest BCUT2D eigenvalue weighted by Gasteiger charge is 2.14. The van der Waals surface area contributed by atoms with Crippen molar-refractivity contribution in [1.29, 1.82) is 0 Å². The summed E-state index contributed by atoms with van der Waals surface area (Å²) in [5.41, 5.74) is 2.25. The maximum atomic E-state index is 10.1. The van der Waals surface area contributed by atoms with Gasteiger partial charge in [-0.15, -0.1) is 0 Å². The zero-order valence-electron chi connectivity index (χ0n) is 11.1. The Morgan fingerprint density at radius 3 is 2.35 bits per heavy atom. The lowest BCUT2D eigenvalue weighted by Crippen LogP contribution is -1.96. The van der Waals surface area contributed by atoms with Crippen LogP contribution in [0.3, 0.4) is 0 Å². The van der Waals surface area contributed by atoms with Crippen molar-refractivity contribution >= 4 is 17.3 Å². The summed E-state index contributed by atoms with van der Waals surface area (Å²) >= 11 is 6.19. The average Bonchev–Trinajstić information content (AvgIpc) is 2.49. The van der Waals surface area contributed by atoms with Crippen LogP contribution >= 0.6 is 11.6 Å². The fraction of sp³-hybridized carbons (Fsp3) is 0.133. The van der Waals surface area contributed by atoms with E-state index in [0.29, 0.717) is 16.8 Å². The first-order valence-electron chi connectivity index (χ1n) is 5.93. The van der Waals surface area contributed by atoms with E-state index in [4.69, 9.17) is 21.5 Å². The minimum atomic E-state index is -0.102. The fourth-order valence-electron chi connectivity index (χ4n) is 1.90. The zero-order chi connectivity index (χ0) is 14.7. The molecule has 0 aliphatic heterocycles. The molecule has 0 spiro atoms. The standard InChI is InChI=1S/C15H14ClNO3/c1-9(17-19)12-7-8-13(14(16)15(12)18)10-3-5-11(20-2)6-4-10/h3-8,18-19H,1-2H3/b17-9+. The number of aromatic hydroxyl groups is 1. The molecule has 0 saturated heterocycles. The van der Waals surface area contributed by atoms with Crippen molar-refractivity contribution in [2.75, 3.05) is 7.11 Å². The third-order valence-electron chi connectivity index (χ3n) is 3.06. The lowest BCUT2D eigenvalue weighted by Gasteiger charge is -2.10. The summed E-state index contributed by atoms with van der Waals surface area (Å²) in [6.45, 7) is 1.58. The molecule has 0 radical (unpaired) electrons. The summed E-state index contributed by atoms with van der Waals surface area (Å²) in [5, 5.41) is 22.1. The number of oxime groups is 1. The monoisotopic (exact) mass is 291 g/mol. The van der Waals surface area contributed by atoms with Crippen LogP contribution in [0, 0.1) is 0 Å². The molecule has 0 saturated carbocycles. The summed E-state index contributed by atoms with van der Waals surface area (Å²) in [6, 6.07) is 10.8. The summed E-state index contributed by atoms with van der Waals surface area (Å²) in [7, 11) is 1.60. The van der Waals surface area contributed by atoms with Gasteiger partial charge in [0.15, 0.2) is 0 Å². The van der Waals surface area contributed by atoms with E-state index in [1.165, 1.54) is 0 Å². The second-order valence-electron chi connectivity index (χ2n) is 4.24. The molecule has 0 heterocycles. The quantitative estimate of drug-likeness (QED) is 0.512. The molecule has 0 atom stereocenters. The summed E-state index contributed by atoms with van der Waals surface area (Å²) in [5.74, 6) is 0.643. The van der Waals surface area contributed by atoms with Crippen molar-refractivity contribution in [2.24, 2.45) is 5.16 Å². The van der Waals surface area contributed by atoms with Gasteiger partial charge in [0.25, 0.3) is 0 Å². The zero-order valence-corrected chi connectivity index (χ0v) is 11.8. The Balaban J connectivity index is 2.50. The molecule has 2 aromatic rings. The Kier molecular flexibility index (Phi) is 4.15. The predicted molar refractivity (Wildman–Crippen MR) is 79.1 cm³/mol. The molecule has 0 aliphatic rings. The first-order chi connectivity index (χ1) is 9.58. The van der Waals surface area contributed by atoms with Crippen LogP contribution in [0.15, 0.2) is 41.6 Å². The predicted octanol–water partition coefficient (Wildman–Crippen LogP) is 3.92. The molecule has 20 heavy (non-hydrogen) atoms. The largest absolute Gasteiger partial charge is 0.506 e. The van der Waals surface area contributed by atoms with Gasteiger partial charge in [-0.3, -0.25) is 0 Å². The second kappa shape index (κ2) is 5.84. The van der Waals surface area contributed by atoms with Crippen molar-refractivity contribution < 1.29 is 15.1 Å². The molecule has 104 valence electrons. The van der Waals surface area contributed by atoms with E-state index in [0.717, 1.165) is 11.3 Å². The lowest BCUT2D eigenvalue weighted by molar-refractivity contribution is 0.318. The SMILES string of the molecule is COc1ccc(-c2ccc(/C(C)=N/O)c(O)c2Cl)cc1. The van der Waals surface area contributed by atoms with Gasteiger partial charge in [-0.2, -0.15) is 0 Å². The number of hydrogen-bond acceptors (Lipinski definition) is 4. The van der Waals surface area contributed by atoms with Gasteiger partial charge in [-0.1, -0.05) is 35.0 Å². The van der Waals surface area contributed by atoms with E-state index < -0.39 is 0 Å². The molecule has 0 amide bonds. The Morgan fingerprint density at radius 2 is 1.80 bits per heavy atom. The van der Waals surface area contributed by atoms with Gasteiger partial charge in [-0.05, 0) is 30.7 Å². The van der Waals surface area contributed by atoms with E-state index in [-0.39, 0.29) is 10.8 Å². The minimum absolute atomic E-state index is 0.102. The topological polar surface area (TPSA) is 62.0 Å². The van der Waals surface area contributed by atoms with Crippen molar-refractivity contribution in [3.05, 3.63) is 47.0 Å². The van der Waals surface area contributed by atoms with Gasteiger partial charge in [-0.25, -0.2) is 0 Å². The molecule has 2 rings (SSSR count). The number of halogens is 1. The third-order valence-corrected chi connectivity index (χ3v) is 3.44. The van der Waals surface area contributed by atoms with Gasteiger partial charge < -0.3 is 15.1 Å². The Morgan fingerprint density at radius 1 is 1.15 bits per heavy atom. The van der Waals surface area contributed by atoms with Crippen LogP contribution in [0.4, 0.5) is 0 Å². The molecule has 2 aromatic carbocycles. The number of phenols is 1. The van der Waals surface area contributed by atoms with E-state index in [2.05, 4.69) is 5.16 Å². The maximum Gasteiger partial charge on any atom is 0.143 e. The molecule has 0 aromatic heterocycles. The molecular weight excluding hydrogens is 278 g/mol. The average molecular weight is 292 g/mol. The van der Waals surface area contributed by atoms with Crippen LogP contribution in [0.1, 0.15) is 12.5 Å². The molecule has 5 heteroatoms. The van der Waals surface area contributed by atoms with Crippen LogP contribution in [0.2, 0.25) is 5.02 Å². The van der Waals surface area contributed by atoms with Gasteiger partial charge in [0, 0.05) is 11.1 Å². The van der Waals surface area contributed by atoms with Gasteiger partial charge >= 0.3 is 0 Å².